The van der Waals surface area contributed by atoms with Crippen molar-refractivity contribution >= 4 is 11.9 Å². The summed E-state index contributed by atoms with van der Waals surface area (Å²) in [5.41, 5.74) is 0. The third-order valence-electron chi connectivity index (χ3n) is 1.95. The predicted octanol–water partition coefficient (Wildman–Crippen LogP) is 2.01. The first kappa shape index (κ1) is 14.9. The SMILES string of the molecule is CCOC(=O)CC[C@H](F)CCOC(=O)CC. The summed E-state index contributed by atoms with van der Waals surface area (Å²) in [5, 5.41) is 0. The van der Waals surface area contributed by atoms with E-state index in [9.17, 15) is 14.0 Å². The Hall–Kier alpha value is -1.13. The highest BCUT2D eigenvalue weighted by Gasteiger charge is 2.11. The molecule has 0 N–H and O–H groups in total. The van der Waals surface area contributed by atoms with E-state index in [1.165, 1.54) is 0 Å². The zero-order valence-electron chi connectivity index (χ0n) is 9.83. The van der Waals surface area contributed by atoms with Gasteiger partial charge in [-0.25, -0.2) is 4.39 Å². The number of carbonyl (C=O) groups excluding carboxylic acids is 2. The first-order chi connectivity index (χ1) is 7.60. The van der Waals surface area contributed by atoms with E-state index >= 15 is 0 Å². The Bertz CT molecular complexity index is 218. The Morgan fingerprint density at radius 2 is 1.81 bits per heavy atom. The zero-order valence-corrected chi connectivity index (χ0v) is 9.83. The van der Waals surface area contributed by atoms with Crippen molar-refractivity contribution in [3.05, 3.63) is 0 Å². The van der Waals surface area contributed by atoms with Crippen LogP contribution in [0.15, 0.2) is 0 Å². The van der Waals surface area contributed by atoms with Gasteiger partial charge in [-0.05, 0) is 13.3 Å². The molecule has 0 aliphatic heterocycles. The number of hydrogen-bond donors (Lipinski definition) is 0. The minimum Gasteiger partial charge on any atom is -0.466 e. The van der Waals surface area contributed by atoms with Gasteiger partial charge in [0, 0.05) is 19.3 Å². The van der Waals surface area contributed by atoms with E-state index in [0.29, 0.717) is 13.0 Å². The van der Waals surface area contributed by atoms with Crippen LogP contribution in [0.1, 0.15) is 39.5 Å². The molecule has 0 unspecified atom stereocenters. The highest BCUT2D eigenvalue weighted by molar-refractivity contribution is 5.69. The van der Waals surface area contributed by atoms with Crippen LogP contribution in [0, 0.1) is 0 Å². The average Bonchev–Trinajstić information content (AvgIpc) is 2.26. The Morgan fingerprint density at radius 3 is 2.38 bits per heavy atom. The van der Waals surface area contributed by atoms with Gasteiger partial charge in [0.05, 0.1) is 13.2 Å². The fraction of sp³-hybridized carbons (Fsp3) is 0.818. The quantitative estimate of drug-likeness (QED) is 0.603. The van der Waals surface area contributed by atoms with Gasteiger partial charge in [-0.3, -0.25) is 9.59 Å². The standard InChI is InChI=1S/C11H19FO4/c1-3-10(13)16-8-7-9(12)5-6-11(14)15-4-2/h9H,3-8H2,1-2H3/t9-/m0/s1. The van der Waals surface area contributed by atoms with Crippen molar-refractivity contribution in [2.45, 2.75) is 45.7 Å². The summed E-state index contributed by atoms with van der Waals surface area (Å²) in [7, 11) is 0. The van der Waals surface area contributed by atoms with Crippen LogP contribution in [0.3, 0.4) is 0 Å². The van der Waals surface area contributed by atoms with Crippen LogP contribution < -0.4 is 0 Å². The molecule has 0 aromatic rings. The van der Waals surface area contributed by atoms with Gasteiger partial charge in [-0.15, -0.1) is 0 Å². The van der Waals surface area contributed by atoms with Crippen molar-refractivity contribution < 1.29 is 23.5 Å². The maximum atomic E-state index is 13.2. The smallest absolute Gasteiger partial charge is 0.305 e. The number of halogens is 1. The van der Waals surface area contributed by atoms with Crippen molar-refractivity contribution in [1.82, 2.24) is 0 Å². The Kier molecular flexibility index (Phi) is 8.48. The summed E-state index contributed by atoms with van der Waals surface area (Å²) < 4.78 is 22.5. The zero-order chi connectivity index (χ0) is 12.4. The normalized spacial score (nSPS) is 11.9. The number of hydrogen-bond acceptors (Lipinski definition) is 4. The van der Waals surface area contributed by atoms with Crippen LogP contribution in [0.25, 0.3) is 0 Å². The van der Waals surface area contributed by atoms with Gasteiger partial charge >= 0.3 is 11.9 Å². The number of alkyl halides is 1. The lowest BCUT2D eigenvalue weighted by atomic mass is 10.2. The van der Waals surface area contributed by atoms with Crippen molar-refractivity contribution in [3.63, 3.8) is 0 Å². The predicted molar refractivity (Wildman–Crippen MR) is 56.6 cm³/mol. The van der Waals surface area contributed by atoms with Crippen molar-refractivity contribution in [2.24, 2.45) is 0 Å². The molecule has 0 amide bonds. The highest BCUT2D eigenvalue weighted by atomic mass is 19.1. The van der Waals surface area contributed by atoms with E-state index in [0.717, 1.165) is 0 Å². The minimum absolute atomic E-state index is 0.0661. The maximum absolute atomic E-state index is 13.2. The van der Waals surface area contributed by atoms with Gasteiger partial charge in [0.15, 0.2) is 0 Å². The van der Waals surface area contributed by atoms with E-state index < -0.39 is 12.1 Å². The average molecular weight is 234 g/mol. The molecule has 0 aromatic carbocycles. The summed E-state index contributed by atoms with van der Waals surface area (Å²) in [5.74, 6) is -0.728. The van der Waals surface area contributed by atoms with Crippen LogP contribution in [-0.4, -0.2) is 31.3 Å². The Morgan fingerprint density at radius 1 is 1.12 bits per heavy atom. The summed E-state index contributed by atoms with van der Waals surface area (Å²) in [4.78, 5) is 21.6. The van der Waals surface area contributed by atoms with Crippen LogP contribution in [-0.2, 0) is 19.1 Å². The fourth-order valence-corrected chi connectivity index (χ4v) is 1.05. The van der Waals surface area contributed by atoms with E-state index in [2.05, 4.69) is 4.74 Å². The van der Waals surface area contributed by atoms with Crippen molar-refractivity contribution in [1.29, 1.82) is 0 Å². The number of carbonyl (C=O) groups is 2. The molecule has 0 heterocycles. The molecule has 0 rings (SSSR count). The molecule has 0 bridgehead atoms. The fourth-order valence-electron chi connectivity index (χ4n) is 1.05. The van der Waals surface area contributed by atoms with Gasteiger partial charge in [-0.2, -0.15) is 0 Å². The molecule has 0 aliphatic carbocycles. The van der Waals surface area contributed by atoms with E-state index in [-0.39, 0.29) is 31.8 Å². The molecule has 0 radical (unpaired) electrons. The molecule has 0 aliphatic rings. The molecule has 16 heavy (non-hydrogen) atoms. The lowest BCUT2D eigenvalue weighted by Crippen LogP contribution is -2.12. The second-order valence-electron chi connectivity index (χ2n) is 3.30. The second kappa shape index (κ2) is 9.12. The molecule has 1 atom stereocenters. The topological polar surface area (TPSA) is 52.6 Å². The highest BCUT2D eigenvalue weighted by Crippen LogP contribution is 2.08. The van der Waals surface area contributed by atoms with Crippen LogP contribution in [0.4, 0.5) is 4.39 Å². The molecule has 0 fully saturated rings. The molecule has 0 saturated heterocycles. The Labute approximate surface area is 95.1 Å². The molecule has 0 aromatic heterocycles. The molecule has 94 valence electrons. The third-order valence-corrected chi connectivity index (χ3v) is 1.95. The molecule has 5 heteroatoms. The summed E-state index contributed by atoms with van der Waals surface area (Å²) >= 11 is 0. The van der Waals surface area contributed by atoms with Crippen molar-refractivity contribution in [2.75, 3.05) is 13.2 Å². The van der Waals surface area contributed by atoms with Crippen LogP contribution >= 0.6 is 0 Å². The lowest BCUT2D eigenvalue weighted by molar-refractivity contribution is -0.145. The van der Waals surface area contributed by atoms with E-state index in [4.69, 9.17) is 4.74 Å². The van der Waals surface area contributed by atoms with Gasteiger partial charge in [0.25, 0.3) is 0 Å². The first-order valence-corrected chi connectivity index (χ1v) is 5.55. The molecular formula is C11H19FO4. The van der Waals surface area contributed by atoms with Gasteiger partial charge in [0.2, 0.25) is 0 Å². The molecule has 0 spiro atoms. The van der Waals surface area contributed by atoms with E-state index in [1.807, 2.05) is 0 Å². The van der Waals surface area contributed by atoms with Gasteiger partial charge in [0.1, 0.15) is 6.17 Å². The Balaban J connectivity index is 3.47. The molecule has 4 nitrogen and oxygen atoms in total. The summed E-state index contributed by atoms with van der Waals surface area (Å²) in [6, 6.07) is 0. The second-order valence-corrected chi connectivity index (χ2v) is 3.30. The minimum atomic E-state index is -1.13. The van der Waals surface area contributed by atoms with Crippen LogP contribution in [0.5, 0.6) is 0 Å². The first-order valence-electron chi connectivity index (χ1n) is 5.55. The number of ether oxygens (including phenoxy) is 2. The maximum Gasteiger partial charge on any atom is 0.305 e. The summed E-state index contributed by atoms with van der Waals surface area (Å²) in [6.45, 7) is 3.76. The monoisotopic (exact) mass is 234 g/mol. The van der Waals surface area contributed by atoms with Crippen molar-refractivity contribution in [3.8, 4) is 0 Å². The largest absolute Gasteiger partial charge is 0.466 e. The number of esters is 2. The van der Waals surface area contributed by atoms with Gasteiger partial charge in [-0.1, -0.05) is 6.92 Å². The molecular weight excluding hydrogens is 215 g/mol. The van der Waals surface area contributed by atoms with Crippen LogP contribution in [0.2, 0.25) is 0 Å². The van der Waals surface area contributed by atoms with E-state index in [1.54, 1.807) is 13.8 Å². The lowest BCUT2D eigenvalue weighted by Gasteiger charge is -2.08. The summed E-state index contributed by atoms with van der Waals surface area (Å²) in [6.07, 6.45) is -0.529. The third kappa shape index (κ3) is 8.20. The van der Waals surface area contributed by atoms with Gasteiger partial charge < -0.3 is 9.47 Å². The molecule has 0 saturated carbocycles. The number of rotatable bonds is 8.